The smallest absolute Gasteiger partial charge is 0.114 e. The summed E-state index contributed by atoms with van der Waals surface area (Å²) in [6.45, 7) is 0. The molecule has 4 rings (SSSR count). The number of benzene rings is 3. The van der Waals surface area contributed by atoms with Crippen molar-refractivity contribution in [3.8, 4) is 0 Å². The van der Waals surface area contributed by atoms with Crippen LogP contribution in [0, 0.1) is 0 Å². The summed E-state index contributed by atoms with van der Waals surface area (Å²) >= 11 is 0. The molecule has 3 aromatic carbocycles. The highest BCUT2D eigenvalue weighted by Crippen LogP contribution is 2.64. The van der Waals surface area contributed by atoms with Crippen molar-refractivity contribution < 1.29 is 0 Å². The molecule has 0 amide bonds. The summed E-state index contributed by atoms with van der Waals surface area (Å²) in [7, 11) is -1.63. The van der Waals surface area contributed by atoms with Crippen molar-refractivity contribution in [2.75, 3.05) is 0 Å². The van der Waals surface area contributed by atoms with Crippen LogP contribution in [0.3, 0.4) is 0 Å². The Hall–Kier alpha value is -1.69. The molecule has 0 atom stereocenters. The van der Waals surface area contributed by atoms with E-state index in [0.717, 1.165) is 0 Å². The molecule has 0 saturated carbocycles. The first-order chi connectivity index (χ1) is 10.9. The molecule has 0 spiro atoms. The van der Waals surface area contributed by atoms with Gasteiger partial charge >= 0.3 is 0 Å². The Morgan fingerprint density at radius 3 is 1.04 bits per heavy atom. The molecule has 3 aromatic rings. The summed E-state index contributed by atoms with van der Waals surface area (Å²) in [5.41, 5.74) is 0.555. The molecule has 114 valence electrons. The molecule has 0 fully saturated rings. The van der Waals surface area contributed by atoms with E-state index in [-0.39, 0.29) is 17.0 Å². The van der Waals surface area contributed by atoms with Gasteiger partial charge in [0.15, 0.2) is 0 Å². The van der Waals surface area contributed by atoms with E-state index in [9.17, 15) is 0 Å². The molecule has 23 heavy (non-hydrogen) atoms. The zero-order valence-corrected chi connectivity index (χ0v) is 15.4. The lowest BCUT2D eigenvalue weighted by atomic mass is 10.4. The van der Waals surface area contributed by atoms with Crippen molar-refractivity contribution in [3.05, 3.63) is 103 Å². The van der Waals surface area contributed by atoms with Gasteiger partial charge in [-0.2, -0.15) is 0 Å². The predicted octanol–water partition coefficient (Wildman–Crippen LogP) is 4.50. The minimum atomic E-state index is -1.63. The van der Waals surface area contributed by atoms with Crippen molar-refractivity contribution in [1.29, 1.82) is 0 Å². The molecule has 0 bridgehead atoms. The lowest BCUT2D eigenvalue weighted by Crippen LogP contribution is -2.34. The summed E-state index contributed by atoms with van der Waals surface area (Å²) < 4.78 is 0. The second-order valence-electron chi connectivity index (χ2n) is 5.60. The van der Waals surface area contributed by atoms with Crippen molar-refractivity contribution in [1.82, 2.24) is 0 Å². The zero-order valence-electron chi connectivity index (χ0n) is 12.7. The quantitative estimate of drug-likeness (QED) is 0.461. The van der Waals surface area contributed by atoms with Crippen LogP contribution in [0.1, 0.15) is 0 Å². The summed E-state index contributed by atoms with van der Waals surface area (Å²) in [5, 5.41) is 4.38. The van der Waals surface area contributed by atoms with Crippen molar-refractivity contribution in [2.24, 2.45) is 0 Å². The van der Waals surface area contributed by atoms with Gasteiger partial charge in [-0.05, 0) is 48.6 Å². The van der Waals surface area contributed by atoms with Crippen LogP contribution in [0.15, 0.2) is 103 Å². The van der Waals surface area contributed by atoms with E-state index in [2.05, 4.69) is 103 Å². The van der Waals surface area contributed by atoms with Crippen LogP contribution in [0.25, 0.3) is 0 Å². The van der Waals surface area contributed by atoms with Gasteiger partial charge < -0.3 is 0 Å². The number of hydrogen-bond acceptors (Lipinski definition) is 0. The Bertz CT molecular complexity index is 679. The molecule has 1 aliphatic carbocycles. The topological polar surface area (TPSA) is 0 Å². The van der Waals surface area contributed by atoms with Crippen LogP contribution >= 0.6 is 24.2 Å². The Morgan fingerprint density at radius 1 is 0.478 bits per heavy atom. The summed E-state index contributed by atoms with van der Waals surface area (Å²) in [4.78, 5) is 0. The van der Waals surface area contributed by atoms with Gasteiger partial charge in [-0.3, -0.25) is 0 Å². The highest BCUT2D eigenvalue weighted by molar-refractivity contribution is 8.93. The Labute approximate surface area is 149 Å². The predicted molar refractivity (Wildman–Crippen MR) is 108 cm³/mol. The Balaban J connectivity index is 0.00000156. The van der Waals surface area contributed by atoms with Crippen LogP contribution in [0.2, 0.25) is 0 Å². The molecular weight excluding hydrogens is 363 g/mol. The third-order valence-electron chi connectivity index (χ3n) is 4.30. The van der Waals surface area contributed by atoms with Crippen molar-refractivity contribution in [2.45, 2.75) is 5.66 Å². The van der Waals surface area contributed by atoms with E-state index in [1.54, 1.807) is 0 Å². The first-order valence-electron chi connectivity index (χ1n) is 7.66. The van der Waals surface area contributed by atoms with Crippen LogP contribution in [0.5, 0.6) is 0 Å². The maximum atomic E-state index is 2.36. The summed E-state index contributed by atoms with van der Waals surface area (Å²) in [6.07, 6.45) is 4.72. The molecule has 0 unspecified atom stereocenters. The fraction of sp³-hybridized carbons (Fsp3) is 0.0476. The lowest BCUT2D eigenvalue weighted by Gasteiger charge is -2.27. The van der Waals surface area contributed by atoms with E-state index >= 15 is 0 Å². The van der Waals surface area contributed by atoms with Gasteiger partial charge in [-0.25, -0.2) is 0 Å². The molecule has 2 heteroatoms. The van der Waals surface area contributed by atoms with Crippen LogP contribution < -0.4 is 15.9 Å². The highest BCUT2D eigenvalue weighted by atomic mass is 79.9. The molecule has 1 aliphatic rings. The number of rotatable bonds is 4. The molecular formula is C21H19BrP+. The molecule has 0 N–H and O–H groups in total. The number of halogens is 1. The van der Waals surface area contributed by atoms with Crippen molar-refractivity contribution in [3.63, 3.8) is 0 Å². The highest BCUT2D eigenvalue weighted by Gasteiger charge is 2.53. The third-order valence-corrected chi connectivity index (χ3v) is 8.88. The lowest BCUT2D eigenvalue weighted by molar-refractivity contribution is 1.61. The monoisotopic (exact) mass is 381 g/mol. The average Bonchev–Trinajstić information content (AvgIpc) is 3.44. The van der Waals surface area contributed by atoms with E-state index in [1.165, 1.54) is 15.9 Å². The Kier molecular flexibility index (Phi) is 4.80. The molecule has 0 heterocycles. The normalized spacial score (nSPS) is 13.4. The number of hydrogen-bond donors (Lipinski definition) is 0. The second-order valence-corrected chi connectivity index (χ2v) is 9.20. The van der Waals surface area contributed by atoms with Gasteiger partial charge in [-0.15, -0.1) is 17.0 Å². The van der Waals surface area contributed by atoms with Gasteiger partial charge in [0, 0.05) is 0 Å². The molecule has 0 aromatic heterocycles. The van der Waals surface area contributed by atoms with Crippen LogP contribution in [-0.2, 0) is 0 Å². The third kappa shape index (κ3) is 2.80. The Morgan fingerprint density at radius 2 is 0.783 bits per heavy atom. The SMILES string of the molecule is Br.C1=CC1[P+](c1ccccc1)(c1ccccc1)c1ccccc1. The van der Waals surface area contributed by atoms with E-state index in [1.807, 2.05) is 0 Å². The van der Waals surface area contributed by atoms with Gasteiger partial charge in [0.2, 0.25) is 0 Å². The van der Waals surface area contributed by atoms with Gasteiger partial charge in [0.05, 0.1) is 0 Å². The molecule has 0 aliphatic heterocycles. The zero-order chi connectivity index (χ0) is 14.8. The summed E-state index contributed by atoms with van der Waals surface area (Å²) in [6, 6.07) is 33.1. The largest absolute Gasteiger partial charge is 0.122 e. The molecule has 0 nitrogen and oxygen atoms in total. The fourth-order valence-electron chi connectivity index (χ4n) is 3.26. The van der Waals surface area contributed by atoms with Gasteiger partial charge in [0.25, 0.3) is 0 Å². The maximum Gasteiger partial charge on any atom is 0.122 e. The first-order valence-corrected chi connectivity index (χ1v) is 9.52. The summed E-state index contributed by atoms with van der Waals surface area (Å²) in [5.74, 6) is 0. The van der Waals surface area contributed by atoms with E-state index in [4.69, 9.17) is 0 Å². The standard InChI is InChI=1S/C21H18P.BrH/c1-4-10-18(11-5-1)22(21-16-17-21,19-12-6-2-7-13-19)20-14-8-3-9-15-20;/h1-17,21H;1H/q+1;. The van der Waals surface area contributed by atoms with Crippen molar-refractivity contribution >= 4 is 40.2 Å². The van der Waals surface area contributed by atoms with E-state index in [0.29, 0.717) is 5.66 Å². The first kappa shape index (κ1) is 16.2. The second kappa shape index (κ2) is 6.83. The van der Waals surface area contributed by atoms with Gasteiger partial charge in [0.1, 0.15) is 28.8 Å². The minimum absolute atomic E-state index is 0. The van der Waals surface area contributed by atoms with E-state index < -0.39 is 7.26 Å². The molecule has 0 saturated heterocycles. The number of allylic oxidation sites excluding steroid dienone is 2. The van der Waals surface area contributed by atoms with Crippen LogP contribution in [-0.4, -0.2) is 5.66 Å². The molecule has 0 radical (unpaired) electrons. The average molecular weight is 382 g/mol. The minimum Gasteiger partial charge on any atom is -0.114 e. The van der Waals surface area contributed by atoms with Gasteiger partial charge in [-0.1, -0.05) is 54.6 Å². The van der Waals surface area contributed by atoms with Crippen LogP contribution in [0.4, 0.5) is 0 Å². The fourth-order valence-corrected chi connectivity index (χ4v) is 7.73. The maximum absolute atomic E-state index is 2.36.